The Kier molecular flexibility index (Phi) is 5.55. The second kappa shape index (κ2) is 6.74. The van der Waals surface area contributed by atoms with Crippen molar-refractivity contribution in [2.75, 3.05) is 0 Å². The topological polar surface area (TPSA) is 54.5 Å². The molecule has 1 heterocycles. The number of benzene rings is 1. The fourth-order valence-electron chi connectivity index (χ4n) is 1.86. The van der Waals surface area contributed by atoms with Gasteiger partial charge in [-0.25, -0.2) is 9.67 Å². The SMILES string of the molecule is CC(C)(C#N)c1cc(CCl)cc(Cn2cncn2)c1.Cl. The minimum atomic E-state index is -0.529. The van der Waals surface area contributed by atoms with E-state index in [0.717, 1.165) is 16.7 Å². The van der Waals surface area contributed by atoms with Crippen LogP contribution < -0.4 is 0 Å². The Morgan fingerprint density at radius 3 is 2.55 bits per heavy atom. The highest BCUT2D eigenvalue weighted by atomic mass is 35.5. The molecule has 0 atom stereocenters. The largest absolute Gasteiger partial charge is 0.249 e. The normalized spacial score (nSPS) is 10.7. The zero-order valence-corrected chi connectivity index (χ0v) is 12.9. The summed E-state index contributed by atoms with van der Waals surface area (Å²) in [5.74, 6) is 0.430. The quantitative estimate of drug-likeness (QED) is 0.814. The number of hydrogen-bond acceptors (Lipinski definition) is 3. The third-order valence-corrected chi connectivity index (χ3v) is 3.33. The third-order valence-electron chi connectivity index (χ3n) is 3.02. The molecule has 0 spiro atoms. The molecule has 6 heteroatoms. The molecule has 2 aromatic rings. The van der Waals surface area contributed by atoms with Crippen LogP contribution >= 0.6 is 24.0 Å². The van der Waals surface area contributed by atoms with Gasteiger partial charge in [0.25, 0.3) is 0 Å². The number of halogens is 2. The molecule has 0 aliphatic heterocycles. The van der Waals surface area contributed by atoms with Crippen LogP contribution in [0.4, 0.5) is 0 Å². The Morgan fingerprint density at radius 1 is 1.30 bits per heavy atom. The van der Waals surface area contributed by atoms with E-state index in [4.69, 9.17) is 11.6 Å². The molecule has 1 aromatic heterocycles. The van der Waals surface area contributed by atoms with Gasteiger partial charge >= 0.3 is 0 Å². The van der Waals surface area contributed by atoms with Gasteiger partial charge < -0.3 is 0 Å². The summed E-state index contributed by atoms with van der Waals surface area (Å²) in [6, 6.07) is 8.37. The van der Waals surface area contributed by atoms with E-state index in [1.165, 1.54) is 6.33 Å². The van der Waals surface area contributed by atoms with Gasteiger partial charge in [-0.3, -0.25) is 0 Å². The van der Waals surface area contributed by atoms with Crippen molar-refractivity contribution in [2.24, 2.45) is 0 Å². The molecule has 2 rings (SSSR count). The zero-order chi connectivity index (χ0) is 13.9. The lowest BCUT2D eigenvalue weighted by molar-refractivity contribution is 0.666. The van der Waals surface area contributed by atoms with E-state index in [9.17, 15) is 5.26 Å². The summed E-state index contributed by atoms with van der Waals surface area (Å²) in [6.07, 6.45) is 3.17. The van der Waals surface area contributed by atoms with E-state index in [-0.39, 0.29) is 12.4 Å². The predicted octanol–water partition coefficient (Wildman–Crippen LogP) is 3.29. The average Bonchev–Trinajstić information content (AvgIpc) is 2.91. The first-order valence-electron chi connectivity index (χ1n) is 5.98. The lowest BCUT2D eigenvalue weighted by Crippen LogP contribution is -2.15. The highest BCUT2D eigenvalue weighted by molar-refractivity contribution is 6.17. The standard InChI is InChI=1S/C14H15ClN4.ClH/c1-14(2,8-16)13-4-11(6-15)3-12(5-13)7-19-10-17-9-18-19;/h3-5,9-10H,6-7H2,1-2H3;1H. The summed E-state index contributed by atoms with van der Waals surface area (Å²) in [5.41, 5.74) is 2.53. The molecular weight excluding hydrogens is 295 g/mol. The van der Waals surface area contributed by atoms with E-state index >= 15 is 0 Å². The molecule has 20 heavy (non-hydrogen) atoms. The Labute approximate surface area is 129 Å². The molecule has 0 bridgehead atoms. The Balaban J connectivity index is 0.00000200. The van der Waals surface area contributed by atoms with Crippen molar-refractivity contribution < 1.29 is 0 Å². The van der Waals surface area contributed by atoms with Crippen molar-refractivity contribution in [1.29, 1.82) is 5.26 Å². The van der Waals surface area contributed by atoms with Gasteiger partial charge in [-0.2, -0.15) is 10.4 Å². The smallest absolute Gasteiger partial charge is 0.137 e. The van der Waals surface area contributed by atoms with Crippen LogP contribution in [-0.2, 0) is 17.8 Å². The highest BCUT2D eigenvalue weighted by Gasteiger charge is 2.20. The van der Waals surface area contributed by atoms with Crippen molar-refractivity contribution in [2.45, 2.75) is 31.7 Å². The maximum Gasteiger partial charge on any atom is 0.137 e. The van der Waals surface area contributed by atoms with Crippen molar-refractivity contribution >= 4 is 24.0 Å². The number of aromatic nitrogens is 3. The Morgan fingerprint density at radius 2 is 2.00 bits per heavy atom. The van der Waals surface area contributed by atoms with Gasteiger partial charge in [-0.05, 0) is 30.5 Å². The summed E-state index contributed by atoms with van der Waals surface area (Å²) in [5, 5.41) is 13.3. The van der Waals surface area contributed by atoms with Crippen LogP contribution in [0.3, 0.4) is 0 Å². The number of rotatable bonds is 4. The summed E-state index contributed by atoms with van der Waals surface area (Å²) in [4.78, 5) is 3.92. The second-order valence-corrected chi connectivity index (χ2v) is 5.27. The molecule has 0 N–H and O–H groups in total. The van der Waals surface area contributed by atoms with Crippen molar-refractivity contribution in [1.82, 2.24) is 14.8 Å². The zero-order valence-electron chi connectivity index (χ0n) is 11.4. The van der Waals surface area contributed by atoms with E-state index in [2.05, 4.69) is 16.2 Å². The van der Waals surface area contributed by atoms with E-state index < -0.39 is 5.41 Å². The lowest BCUT2D eigenvalue weighted by atomic mass is 9.84. The van der Waals surface area contributed by atoms with Crippen molar-refractivity contribution in [3.05, 3.63) is 47.5 Å². The van der Waals surface area contributed by atoms with Gasteiger partial charge in [-0.15, -0.1) is 24.0 Å². The molecule has 0 aliphatic rings. The van der Waals surface area contributed by atoms with Gasteiger partial charge in [0.1, 0.15) is 12.7 Å². The van der Waals surface area contributed by atoms with Gasteiger partial charge in [0.15, 0.2) is 0 Å². The minimum absolute atomic E-state index is 0. The molecule has 106 valence electrons. The average molecular weight is 311 g/mol. The first-order chi connectivity index (χ1) is 9.05. The van der Waals surface area contributed by atoms with Gasteiger partial charge in [0.2, 0.25) is 0 Å². The van der Waals surface area contributed by atoms with Gasteiger partial charge in [0, 0.05) is 5.88 Å². The maximum atomic E-state index is 9.25. The first kappa shape index (κ1) is 16.5. The van der Waals surface area contributed by atoms with E-state index in [1.54, 1.807) is 11.0 Å². The molecule has 4 nitrogen and oxygen atoms in total. The fraction of sp³-hybridized carbons (Fsp3) is 0.357. The molecule has 0 saturated heterocycles. The van der Waals surface area contributed by atoms with Crippen LogP contribution in [0, 0.1) is 11.3 Å². The highest BCUT2D eigenvalue weighted by Crippen LogP contribution is 2.25. The molecule has 1 aromatic carbocycles. The summed E-state index contributed by atoms with van der Waals surface area (Å²) in [6.45, 7) is 4.43. The van der Waals surface area contributed by atoms with Crippen molar-refractivity contribution in [3.63, 3.8) is 0 Å². The second-order valence-electron chi connectivity index (χ2n) is 5.00. The number of nitrogens with zero attached hydrogens (tertiary/aromatic N) is 4. The van der Waals surface area contributed by atoms with Crippen LogP contribution in [-0.4, -0.2) is 14.8 Å². The summed E-state index contributed by atoms with van der Waals surface area (Å²) in [7, 11) is 0. The van der Waals surface area contributed by atoms with E-state index in [0.29, 0.717) is 12.4 Å². The number of alkyl halides is 1. The van der Waals surface area contributed by atoms with Crippen molar-refractivity contribution in [3.8, 4) is 6.07 Å². The fourth-order valence-corrected chi connectivity index (χ4v) is 2.01. The molecular formula is C14H16Cl2N4. The number of nitriles is 1. The monoisotopic (exact) mass is 310 g/mol. The third kappa shape index (κ3) is 3.72. The van der Waals surface area contributed by atoms with Crippen LogP contribution in [0.15, 0.2) is 30.9 Å². The number of hydrogen-bond donors (Lipinski definition) is 0. The summed E-state index contributed by atoms with van der Waals surface area (Å²) < 4.78 is 1.75. The van der Waals surface area contributed by atoms with Crippen LogP contribution in [0.2, 0.25) is 0 Å². The van der Waals surface area contributed by atoms with Crippen LogP contribution in [0.25, 0.3) is 0 Å². The molecule has 0 unspecified atom stereocenters. The molecule has 0 fully saturated rings. The Bertz CT molecular complexity index is 600. The van der Waals surface area contributed by atoms with E-state index in [1.807, 2.05) is 32.0 Å². The lowest BCUT2D eigenvalue weighted by Gasteiger charge is -2.18. The van der Waals surface area contributed by atoms with Crippen LogP contribution in [0.5, 0.6) is 0 Å². The molecule has 0 radical (unpaired) electrons. The van der Waals surface area contributed by atoms with Crippen LogP contribution in [0.1, 0.15) is 30.5 Å². The molecule has 0 saturated carbocycles. The first-order valence-corrected chi connectivity index (χ1v) is 6.51. The Hall–Kier alpha value is -1.57. The van der Waals surface area contributed by atoms with Gasteiger partial charge in [-0.1, -0.05) is 18.2 Å². The summed E-state index contributed by atoms with van der Waals surface area (Å²) >= 11 is 5.93. The van der Waals surface area contributed by atoms with Gasteiger partial charge in [0.05, 0.1) is 18.0 Å². The minimum Gasteiger partial charge on any atom is -0.249 e. The maximum absolute atomic E-state index is 9.25. The molecule has 0 aliphatic carbocycles. The predicted molar refractivity (Wildman–Crippen MR) is 81.0 cm³/mol. The molecule has 0 amide bonds.